The monoisotopic (exact) mass is 301 g/mol. The van der Waals surface area contributed by atoms with Crippen LogP contribution in [0, 0.1) is 0 Å². The zero-order valence-electron chi connectivity index (χ0n) is 14.7. The zero-order valence-corrected chi connectivity index (χ0v) is 14.7. The van der Waals surface area contributed by atoms with Gasteiger partial charge in [0.2, 0.25) is 0 Å². The first-order valence-corrected chi connectivity index (χ1v) is 7.51. The third-order valence-electron chi connectivity index (χ3n) is 2.28. The SMILES string of the molecule is CC(C)N[C@@H](CCC(=O)OC(C)(C)C)C(=O)OC(C)(C)C. The molecule has 0 bridgehead atoms. The minimum Gasteiger partial charge on any atom is -0.460 e. The van der Waals surface area contributed by atoms with Crippen LogP contribution in [0.1, 0.15) is 68.2 Å². The number of hydrogen-bond acceptors (Lipinski definition) is 5. The molecular formula is C16H31NO4. The molecule has 124 valence electrons. The number of esters is 2. The quantitative estimate of drug-likeness (QED) is 0.764. The van der Waals surface area contributed by atoms with E-state index in [1.807, 2.05) is 55.4 Å². The summed E-state index contributed by atoms with van der Waals surface area (Å²) in [5, 5.41) is 3.14. The summed E-state index contributed by atoms with van der Waals surface area (Å²) in [4.78, 5) is 23.9. The predicted molar refractivity (Wildman–Crippen MR) is 83.0 cm³/mol. The second-order valence-corrected chi connectivity index (χ2v) is 7.53. The molecule has 0 aromatic rings. The molecule has 0 aliphatic rings. The maximum Gasteiger partial charge on any atom is 0.323 e. The van der Waals surface area contributed by atoms with Gasteiger partial charge in [0, 0.05) is 12.5 Å². The van der Waals surface area contributed by atoms with Crippen LogP contribution in [0.15, 0.2) is 0 Å². The maximum atomic E-state index is 12.2. The van der Waals surface area contributed by atoms with Crippen molar-refractivity contribution in [2.24, 2.45) is 0 Å². The molecule has 0 radical (unpaired) electrons. The van der Waals surface area contributed by atoms with Crippen molar-refractivity contribution in [3.8, 4) is 0 Å². The van der Waals surface area contributed by atoms with E-state index in [4.69, 9.17) is 9.47 Å². The lowest BCUT2D eigenvalue weighted by Gasteiger charge is -2.26. The summed E-state index contributed by atoms with van der Waals surface area (Å²) < 4.78 is 10.6. The molecule has 0 amide bonds. The summed E-state index contributed by atoms with van der Waals surface area (Å²) in [5.41, 5.74) is -1.05. The molecule has 0 rings (SSSR count). The normalized spacial score (nSPS) is 14.0. The number of carbonyl (C=O) groups excluding carboxylic acids is 2. The lowest BCUT2D eigenvalue weighted by Crippen LogP contribution is -2.44. The smallest absolute Gasteiger partial charge is 0.323 e. The van der Waals surface area contributed by atoms with E-state index in [0.29, 0.717) is 6.42 Å². The van der Waals surface area contributed by atoms with Crippen LogP contribution in [0.2, 0.25) is 0 Å². The highest BCUT2D eigenvalue weighted by molar-refractivity contribution is 5.77. The number of rotatable bonds is 6. The number of ether oxygens (including phenoxy) is 2. The standard InChI is InChI=1S/C16H31NO4/c1-11(2)17-12(14(19)21-16(6,7)8)9-10-13(18)20-15(3,4)5/h11-12,17H,9-10H2,1-8H3/t12-/m0/s1. The van der Waals surface area contributed by atoms with Crippen LogP contribution in [0.4, 0.5) is 0 Å². The first-order valence-electron chi connectivity index (χ1n) is 7.51. The van der Waals surface area contributed by atoms with Gasteiger partial charge in [0.15, 0.2) is 0 Å². The summed E-state index contributed by atoms with van der Waals surface area (Å²) in [6, 6.07) is -0.377. The van der Waals surface area contributed by atoms with Gasteiger partial charge in [-0.05, 0) is 48.0 Å². The van der Waals surface area contributed by atoms with Crippen molar-refractivity contribution in [3.63, 3.8) is 0 Å². The summed E-state index contributed by atoms with van der Waals surface area (Å²) in [6.07, 6.45) is 0.545. The first kappa shape index (κ1) is 19.9. The Hall–Kier alpha value is -1.10. The fourth-order valence-electron chi connectivity index (χ4n) is 1.70. The van der Waals surface area contributed by atoms with Gasteiger partial charge in [0.25, 0.3) is 0 Å². The van der Waals surface area contributed by atoms with Gasteiger partial charge >= 0.3 is 11.9 Å². The molecule has 0 saturated carbocycles. The molecule has 5 nitrogen and oxygen atoms in total. The van der Waals surface area contributed by atoms with Crippen LogP contribution >= 0.6 is 0 Å². The Bertz CT molecular complexity index is 350. The van der Waals surface area contributed by atoms with Gasteiger partial charge in [-0.25, -0.2) is 0 Å². The second-order valence-electron chi connectivity index (χ2n) is 7.53. The molecule has 0 aliphatic heterocycles. The molecule has 1 atom stereocenters. The van der Waals surface area contributed by atoms with E-state index in [1.165, 1.54) is 0 Å². The summed E-state index contributed by atoms with van der Waals surface area (Å²) in [5.74, 6) is -0.638. The van der Waals surface area contributed by atoms with Gasteiger partial charge in [-0.3, -0.25) is 9.59 Å². The highest BCUT2D eigenvalue weighted by Crippen LogP contribution is 2.13. The molecule has 0 aromatic heterocycles. The number of carbonyl (C=O) groups is 2. The Labute approximate surface area is 128 Å². The summed E-state index contributed by atoms with van der Waals surface area (Å²) in [7, 11) is 0. The van der Waals surface area contributed by atoms with Gasteiger partial charge in [-0.15, -0.1) is 0 Å². The molecule has 0 aliphatic carbocycles. The fourth-order valence-corrected chi connectivity index (χ4v) is 1.70. The minimum atomic E-state index is -0.542. The Morgan fingerprint density at radius 1 is 0.952 bits per heavy atom. The van der Waals surface area contributed by atoms with Crippen LogP contribution in [-0.4, -0.2) is 35.2 Å². The van der Waals surface area contributed by atoms with E-state index in [9.17, 15) is 9.59 Å². The van der Waals surface area contributed by atoms with E-state index in [0.717, 1.165) is 0 Å². The van der Waals surface area contributed by atoms with Crippen molar-refractivity contribution in [2.45, 2.75) is 91.5 Å². The molecule has 0 heterocycles. The molecule has 0 unspecified atom stereocenters. The molecule has 5 heteroatoms. The van der Waals surface area contributed by atoms with Crippen molar-refractivity contribution >= 4 is 11.9 Å². The van der Waals surface area contributed by atoms with E-state index < -0.39 is 17.2 Å². The van der Waals surface area contributed by atoms with Crippen LogP contribution in [-0.2, 0) is 19.1 Å². The first-order chi connectivity index (χ1) is 9.30. The topological polar surface area (TPSA) is 64.6 Å². The average molecular weight is 301 g/mol. The van der Waals surface area contributed by atoms with Crippen LogP contribution < -0.4 is 5.32 Å². The van der Waals surface area contributed by atoms with Crippen LogP contribution in [0.25, 0.3) is 0 Å². The largest absolute Gasteiger partial charge is 0.460 e. The van der Waals surface area contributed by atoms with Crippen LogP contribution in [0.3, 0.4) is 0 Å². The molecule has 0 fully saturated rings. The molecular weight excluding hydrogens is 270 g/mol. The van der Waals surface area contributed by atoms with Gasteiger partial charge in [0.1, 0.15) is 17.2 Å². The van der Waals surface area contributed by atoms with Gasteiger partial charge in [0.05, 0.1) is 0 Å². The van der Waals surface area contributed by atoms with E-state index in [1.54, 1.807) is 0 Å². The highest BCUT2D eigenvalue weighted by atomic mass is 16.6. The average Bonchev–Trinajstić information content (AvgIpc) is 2.18. The Morgan fingerprint density at radius 3 is 1.81 bits per heavy atom. The highest BCUT2D eigenvalue weighted by Gasteiger charge is 2.27. The molecule has 21 heavy (non-hydrogen) atoms. The minimum absolute atomic E-state index is 0.126. The second kappa shape index (κ2) is 7.78. The lowest BCUT2D eigenvalue weighted by molar-refractivity contribution is -0.159. The Balaban J connectivity index is 4.57. The van der Waals surface area contributed by atoms with Crippen molar-refractivity contribution in [3.05, 3.63) is 0 Å². The molecule has 0 saturated heterocycles. The molecule has 0 spiro atoms. The summed E-state index contributed by atoms with van der Waals surface area (Å²) >= 11 is 0. The van der Waals surface area contributed by atoms with E-state index in [2.05, 4.69) is 5.32 Å². The Morgan fingerprint density at radius 2 is 1.43 bits per heavy atom. The zero-order chi connectivity index (χ0) is 16.8. The summed E-state index contributed by atoms with van der Waals surface area (Å²) in [6.45, 7) is 14.8. The predicted octanol–water partition coefficient (Wildman–Crippen LogP) is 2.82. The van der Waals surface area contributed by atoms with Crippen molar-refractivity contribution in [1.82, 2.24) is 5.32 Å². The van der Waals surface area contributed by atoms with E-state index in [-0.39, 0.29) is 24.4 Å². The molecule has 0 aromatic carbocycles. The Kier molecular flexibility index (Phi) is 7.37. The van der Waals surface area contributed by atoms with Gasteiger partial charge in [-0.1, -0.05) is 13.8 Å². The van der Waals surface area contributed by atoms with Crippen molar-refractivity contribution in [1.29, 1.82) is 0 Å². The van der Waals surface area contributed by atoms with Gasteiger partial charge in [-0.2, -0.15) is 0 Å². The maximum absolute atomic E-state index is 12.2. The fraction of sp³-hybridized carbons (Fsp3) is 0.875. The lowest BCUT2D eigenvalue weighted by atomic mass is 10.1. The van der Waals surface area contributed by atoms with Crippen molar-refractivity contribution in [2.75, 3.05) is 0 Å². The third-order valence-corrected chi connectivity index (χ3v) is 2.28. The van der Waals surface area contributed by atoms with Gasteiger partial charge < -0.3 is 14.8 Å². The molecule has 1 N–H and O–H groups in total. The van der Waals surface area contributed by atoms with E-state index >= 15 is 0 Å². The van der Waals surface area contributed by atoms with Crippen LogP contribution in [0.5, 0.6) is 0 Å². The number of hydrogen-bond donors (Lipinski definition) is 1. The number of nitrogens with one attached hydrogen (secondary N) is 1. The van der Waals surface area contributed by atoms with Crippen molar-refractivity contribution < 1.29 is 19.1 Å². The third kappa shape index (κ3) is 11.3.